The molecular formula is C15H12O4. The Hall–Kier alpha value is -2.62. The van der Waals surface area contributed by atoms with E-state index in [1.54, 1.807) is 18.2 Å². The van der Waals surface area contributed by atoms with Crippen LogP contribution in [-0.2, 0) is 6.42 Å². The third-order valence-corrected chi connectivity index (χ3v) is 3.01. The highest BCUT2D eigenvalue weighted by atomic mass is 16.5. The van der Waals surface area contributed by atoms with Crippen LogP contribution in [0.3, 0.4) is 0 Å². The summed E-state index contributed by atoms with van der Waals surface area (Å²) < 4.78 is 5.66. The largest absolute Gasteiger partial charge is 0.508 e. The van der Waals surface area contributed by atoms with Gasteiger partial charge < -0.3 is 20.1 Å². The fourth-order valence-corrected chi connectivity index (χ4v) is 2.10. The Balaban J connectivity index is 1.99. The molecule has 0 saturated carbocycles. The van der Waals surface area contributed by atoms with Crippen molar-refractivity contribution in [2.75, 3.05) is 0 Å². The van der Waals surface area contributed by atoms with Crippen LogP contribution < -0.4 is 4.74 Å². The van der Waals surface area contributed by atoms with Gasteiger partial charge in [-0.25, -0.2) is 0 Å². The van der Waals surface area contributed by atoms with Gasteiger partial charge in [0, 0.05) is 29.7 Å². The lowest BCUT2D eigenvalue weighted by Crippen LogP contribution is -2.04. The first kappa shape index (κ1) is 11.5. The zero-order chi connectivity index (χ0) is 13.4. The van der Waals surface area contributed by atoms with Crippen molar-refractivity contribution in [1.82, 2.24) is 0 Å². The highest BCUT2D eigenvalue weighted by Gasteiger charge is 2.18. The standard InChI is InChI=1S/C15H12O4/c16-10-3-1-2-9(6-10)14-5-4-12-13(18)7-11(17)8-15(12)19-14/h1-3,5-8,16-18H,4H2. The van der Waals surface area contributed by atoms with Crippen LogP contribution in [0.1, 0.15) is 11.1 Å². The van der Waals surface area contributed by atoms with Crippen LogP contribution in [0.15, 0.2) is 42.5 Å². The number of aromatic hydroxyl groups is 3. The van der Waals surface area contributed by atoms with Crippen molar-refractivity contribution in [3.8, 4) is 23.0 Å². The first-order valence-electron chi connectivity index (χ1n) is 5.86. The van der Waals surface area contributed by atoms with Crippen LogP contribution in [0.5, 0.6) is 23.0 Å². The molecule has 4 nitrogen and oxygen atoms in total. The molecule has 2 aromatic carbocycles. The number of rotatable bonds is 1. The molecule has 0 bridgehead atoms. The van der Waals surface area contributed by atoms with Gasteiger partial charge in [0.15, 0.2) is 0 Å². The number of hydrogen-bond donors (Lipinski definition) is 3. The number of allylic oxidation sites excluding steroid dienone is 1. The molecule has 4 heteroatoms. The average Bonchev–Trinajstić information content (AvgIpc) is 2.37. The molecule has 3 rings (SSSR count). The van der Waals surface area contributed by atoms with Crippen molar-refractivity contribution in [2.24, 2.45) is 0 Å². The van der Waals surface area contributed by atoms with E-state index in [0.717, 1.165) is 5.56 Å². The Morgan fingerprint density at radius 1 is 0.947 bits per heavy atom. The van der Waals surface area contributed by atoms with Crippen molar-refractivity contribution >= 4 is 5.76 Å². The molecule has 1 heterocycles. The van der Waals surface area contributed by atoms with E-state index in [2.05, 4.69) is 0 Å². The predicted molar refractivity (Wildman–Crippen MR) is 70.2 cm³/mol. The molecule has 0 fully saturated rings. The number of fused-ring (bicyclic) bond motifs is 1. The molecule has 0 radical (unpaired) electrons. The molecule has 1 aliphatic rings. The van der Waals surface area contributed by atoms with Crippen LogP contribution in [-0.4, -0.2) is 15.3 Å². The Morgan fingerprint density at radius 2 is 1.79 bits per heavy atom. The maximum atomic E-state index is 9.73. The maximum Gasteiger partial charge on any atom is 0.138 e. The van der Waals surface area contributed by atoms with Gasteiger partial charge in [-0.15, -0.1) is 0 Å². The highest BCUT2D eigenvalue weighted by Crippen LogP contribution is 2.39. The summed E-state index contributed by atoms with van der Waals surface area (Å²) in [6.45, 7) is 0. The Labute approximate surface area is 109 Å². The molecule has 0 spiro atoms. The SMILES string of the molecule is Oc1cccc(C2=CCc3c(O)cc(O)cc3O2)c1. The number of ether oxygens (including phenoxy) is 1. The van der Waals surface area contributed by atoms with Crippen LogP contribution >= 0.6 is 0 Å². The molecule has 0 unspecified atom stereocenters. The molecule has 1 aliphatic heterocycles. The van der Waals surface area contributed by atoms with E-state index in [0.29, 0.717) is 23.5 Å². The smallest absolute Gasteiger partial charge is 0.138 e. The summed E-state index contributed by atoms with van der Waals surface area (Å²) in [7, 11) is 0. The first-order chi connectivity index (χ1) is 9.13. The summed E-state index contributed by atoms with van der Waals surface area (Å²) >= 11 is 0. The van der Waals surface area contributed by atoms with E-state index in [9.17, 15) is 15.3 Å². The summed E-state index contributed by atoms with van der Waals surface area (Å²) in [5.74, 6) is 1.15. The van der Waals surface area contributed by atoms with Gasteiger partial charge in [-0.05, 0) is 18.2 Å². The third kappa shape index (κ3) is 2.08. The van der Waals surface area contributed by atoms with Crippen LogP contribution in [0.25, 0.3) is 5.76 Å². The van der Waals surface area contributed by atoms with Gasteiger partial charge in [-0.1, -0.05) is 12.1 Å². The predicted octanol–water partition coefficient (Wildman–Crippen LogP) is 2.78. The lowest BCUT2D eigenvalue weighted by atomic mass is 10.0. The topological polar surface area (TPSA) is 69.9 Å². The molecule has 96 valence electrons. The van der Waals surface area contributed by atoms with Crippen molar-refractivity contribution < 1.29 is 20.1 Å². The molecule has 3 N–H and O–H groups in total. The molecule has 0 aromatic heterocycles. The number of hydrogen-bond acceptors (Lipinski definition) is 4. The fourth-order valence-electron chi connectivity index (χ4n) is 2.10. The molecular weight excluding hydrogens is 244 g/mol. The van der Waals surface area contributed by atoms with Gasteiger partial charge >= 0.3 is 0 Å². The summed E-state index contributed by atoms with van der Waals surface area (Å²) in [6.07, 6.45) is 2.33. The maximum absolute atomic E-state index is 9.73. The van der Waals surface area contributed by atoms with Gasteiger partial charge in [-0.3, -0.25) is 0 Å². The minimum absolute atomic E-state index is 0.0150. The summed E-state index contributed by atoms with van der Waals surface area (Å²) in [6, 6.07) is 9.47. The third-order valence-electron chi connectivity index (χ3n) is 3.01. The van der Waals surface area contributed by atoms with Gasteiger partial charge in [0.1, 0.15) is 28.8 Å². The van der Waals surface area contributed by atoms with E-state index in [1.165, 1.54) is 12.1 Å². The summed E-state index contributed by atoms with van der Waals surface area (Å²) in [4.78, 5) is 0. The summed E-state index contributed by atoms with van der Waals surface area (Å²) in [5, 5.41) is 28.7. The van der Waals surface area contributed by atoms with Crippen molar-refractivity contribution in [3.05, 3.63) is 53.6 Å². The molecule has 0 amide bonds. The number of benzene rings is 2. The van der Waals surface area contributed by atoms with Gasteiger partial charge in [0.05, 0.1) is 0 Å². The zero-order valence-corrected chi connectivity index (χ0v) is 10.00. The van der Waals surface area contributed by atoms with Crippen LogP contribution in [0.4, 0.5) is 0 Å². The Bertz CT molecular complexity index is 674. The van der Waals surface area contributed by atoms with Crippen LogP contribution in [0.2, 0.25) is 0 Å². The molecule has 0 aliphatic carbocycles. The minimum atomic E-state index is -0.0478. The molecule has 19 heavy (non-hydrogen) atoms. The lowest BCUT2D eigenvalue weighted by Gasteiger charge is -2.19. The van der Waals surface area contributed by atoms with Gasteiger partial charge in [0.25, 0.3) is 0 Å². The minimum Gasteiger partial charge on any atom is -0.508 e. The second-order valence-electron chi connectivity index (χ2n) is 4.37. The molecule has 0 atom stereocenters. The Kier molecular flexibility index (Phi) is 2.56. The second-order valence-corrected chi connectivity index (χ2v) is 4.37. The molecule has 2 aromatic rings. The van der Waals surface area contributed by atoms with E-state index in [1.807, 2.05) is 12.1 Å². The lowest BCUT2D eigenvalue weighted by molar-refractivity contribution is 0.427. The number of phenolic OH excluding ortho intramolecular Hbond substituents is 3. The normalized spacial score (nSPS) is 13.4. The number of phenols is 3. The first-order valence-corrected chi connectivity index (χ1v) is 5.86. The fraction of sp³-hybridized carbons (Fsp3) is 0.0667. The van der Waals surface area contributed by atoms with E-state index >= 15 is 0 Å². The molecule has 0 saturated heterocycles. The quantitative estimate of drug-likeness (QED) is 0.733. The average molecular weight is 256 g/mol. The van der Waals surface area contributed by atoms with E-state index < -0.39 is 0 Å². The highest BCUT2D eigenvalue weighted by molar-refractivity contribution is 5.68. The monoisotopic (exact) mass is 256 g/mol. The van der Waals surface area contributed by atoms with Crippen molar-refractivity contribution in [2.45, 2.75) is 6.42 Å². The van der Waals surface area contributed by atoms with E-state index in [4.69, 9.17) is 4.74 Å². The van der Waals surface area contributed by atoms with Crippen molar-refractivity contribution in [3.63, 3.8) is 0 Å². The van der Waals surface area contributed by atoms with Gasteiger partial charge in [0.2, 0.25) is 0 Å². The summed E-state index contributed by atoms with van der Waals surface area (Å²) in [5.41, 5.74) is 1.38. The second kappa shape index (κ2) is 4.24. The van der Waals surface area contributed by atoms with Gasteiger partial charge in [-0.2, -0.15) is 0 Å². The van der Waals surface area contributed by atoms with Crippen LogP contribution in [0, 0.1) is 0 Å². The van der Waals surface area contributed by atoms with Crippen molar-refractivity contribution in [1.29, 1.82) is 0 Å². The van der Waals surface area contributed by atoms with E-state index in [-0.39, 0.29) is 17.2 Å². The Morgan fingerprint density at radius 3 is 2.58 bits per heavy atom. The zero-order valence-electron chi connectivity index (χ0n) is 10.00.